The van der Waals surface area contributed by atoms with Crippen LogP contribution in [0.25, 0.3) is 33.2 Å². The Hall–Kier alpha value is -4.19. The van der Waals surface area contributed by atoms with Crippen molar-refractivity contribution in [1.82, 2.24) is 15.0 Å². The fraction of sp³-hybridized carbons (Fsp3) is 0. The van der Waals surface area contributed by atoms with E-state index in [0.29, 0.717) is 11.1 Å². The Morgan fingerprint density at radius 1 is 0.862 bits per heavy atom. The molecule has 6 heteroatoms. The Kier molecular flexibility index (Phi) is 3.95. The lowest BCUT2D eigenvalue weighted by Gasteiger charge is -2.07. The number of anilines is 1. The predicted molar refractivity (Wildman–Crippen MR) is 114 cm³/mol. The molecule has 0 saturated heterocycles. The number of carbonyl (C=O) groups excluding carboxylic acids is 1. The van der Waals surface area contributed by atoms with Gasteiger partial charge in [0.15, 0.2) is 0 Å². The number of aromatic amines is 2. The van der Waals surface area contributed by atoms with Gasteiger partial charge in [0, 0.05) is 16.6 Å². The van der Waals surface area contributed by atoms with Crippen molar-refractivity contribution in [3.8, 4) is 11.4 Å². The molecule has 0 aliphatic carbocycles. The number of carbonyl (C=O) groups is 1. The van der Waals surface area contributed by atoms with Crippen molar-refractivity contribution in [2.24, 2.45) is 0 Å². The third-order valence-electron chi connectivity index (χ3n) is 4.80. The summed E-state index contributed by atoms with van der Waals surface area (Å²) in [5.74, 6) is 0.396. The van der Waals surface area contributed by atoms with Crippen LogP contribution in [0.1, 0.15) is 10.5 Å². The summed E-state index contributed by atoms with van der Waals surface area (Å²) in [7, 11) is 0. The Bertz CT molecular complexity index is 1380. The first kappa shape index (κ1) is 16.9. The number of fused-ring (bicyclic) bond motifs is 2. The summed E-state index contributed by atoms with van der Waals surface area (Å²) in [6.45, 7) is 0. The number of imidazole rings is 1. The van der Waals surface area contributed by atoms with Crippen LogP contribution in [0.4, 0.5) is 5.69 Å². The highest BCUT2D eigenvalue weighted by molar-refractivity contribution is 6.04. The minimum atomic E-state index is -0.371. The number of aromatic nitrogens is 3. The third kappa shape index (κ3) is 3.17. The maximum atomic E-state index is 12.6. The summed E-state index contributed by atoms with van der Waals surface area (Å²) in [5.41, 5.74) is 3.35. The highest BCUT2D eigenvalue weighted by Crippen LogP contribution is 2.22. The number of para-hydroxylation sites is 2. The summed E-state index contributed by atoms with van der Waals surface area (Å²) in [6, 6.07) is 24.1. The van der Waals surface area contributed by atoms with Crippen LogP contribution >= 0.6 is 0 Å². The SMILES string of the molecule is O=C(Nc1ccc(-c2nc3ccccc3[nH]2)cc1)c1cc2ccccc2c(=O)[nH]1. The molecule has 29 heavy (non-hydrogen) atoms. The van der Waals surface area contributed by atoms with Crippen LogP contribution in [-0.4, -0.2) is 20.9 Å². The summed E-state index contributed by atoms with van der Waals surface area (Å²) >= 11 is 0. The first-order chi connectivity index (χ1) is 14.2. The number of nitrogens with zero attached hydrogens (tertiary/aromatic N) is 1. The molecule has 2 aromatic heterocycles. The molecule has 0 atom stereocenters. The molecule has 0 fully saturated rings. The van der Waals surface area contributed by atoms with Crippen LogP contribution in [0, 0.1) is 0 Å². The zero-order chi connectivity index (χ0) is 19.8. The molecule has 140 valence electrons. The molecule has 0 spiro atoms. The van der Waals surface area contributed by atoms with E-state index in [1.54, 1.807) is 30.3 Å². The van der Waals surface area contributed by atoms with Gasteiger partial charge >= 0.3 is 0 Å². The average Bonchev–Trinajstić information content (AvgIpc) is 3.18. The molecule has 3 aromatic carbocycles. The van der Waals surface area contributed by atoms with Crippen molar-refractivity contribution in [2.45, 2.75) is 0 Å². The lowest BCUT2D eigenvalue weighted by Crippen LogP contribution is -2.18. The van der Waals surface area contributed by atoms with E-state index >= 15 is 0 Å². The van der Waals surface area contributed by atoms with E-state index in [-0.39, 0.29) is 17.2 Å². The zero-order valence-corrected chi connectivity index (χ0v) is 15.3. The minimum Gasteiger partial charge on any atom is -0.338 e. The Morgan fingerprint density at radius 2 is 1.62 bits per heavy atom. The van der Waals surface area contributed by atoms with Crippen LogP contribution in [0.3, 0.4) is 0 Å². The van der Waals surface area contributed by atoms with Crippen molar-refractivity contribution < 1.29 is 4.79 Å². The van der Waals surface area contributed by atoms with Gasteiger partial charge in [0.2, 0.25) is 0 Å². The molecular formula is C23H16N4O2. The normalized spacial score (nSPS) is 11.0. The number of hydrogen-bond donors (Lipinski definition) is 3. The Morgan fingerprint density at radius 3 is 2.45 bits per heavy atom. The minimum absolute atomic E-state index is 0.218. The largest absolute Gasteiger partial charge is 0.338 e. The van der Waals surface area contributed by atoms with Crippen molar-refractivity contribution >= 4 is 33.4 Å². The number of rotatable bonds is 3. The first-order valence-electron chi connectivity index (χ1n) is 9.16. The van der Waals surface area contributed by atoms with Crippen molar-refractivity contribution in [1.29, 1.82) is 0 Å². The van der Waals surface area contributed by atoms with E-state index in [1.165, 1.54) is 0 Å². The van der Waals surface area contributed by atoms with E-state index in [4.69, 9.17) is 0 Å². The number of H-pyrrole nitrogens is 2. The maximum Gasteiger partial charge on any atom is 0.272 e. The summed E-state index contributed by atoms with van der Waals surface area (Å²) < 4.78 is 0. The monoisotopic (exact) mass is 380 g/mol. The van der Waals surface area contributed by atoms with Crippen LogP contribution in [-0.2, 0) is 0 Å². The number of nitrogens with one attached hydrogen (secondary N) is 3. The molecule has 3 N–H and O–H groups in total. The van der Waals surface area contributed by atoms with Gasteiger partial charge in [-0.2, -0.15) is 0 Å². The molecule has 0 saturated carbocycles. The topological polar surface area (TPSA) is 90.6 Å². The van der Waals surface area contributed by atoms with E-state index in [0.717, 1.165) is 27.8 Å². The van der Waals surface area contributed by atoms with Crippen LogP contribution in [0.15, 0.2) is 83.7 Å². The molecule has 5 rings (SSSR count). The summed E-state index contributed by atoms with van der Waals surface area (Å²) in [6.07, 6.45) is 0. The number of hydrogen-bond acceptors (Lipinski definition) is 3. The second kappa shape index (κ2) is 6.76. The standard InChI is InChI=1S/C23H16N4O2/c28-22-17-6-2-1-5-15(17)13-20(27-22)23(29)24-16-11-9-14(10-12-16)21-25-18-7-3-4-8-19(18)26-21/h1-13H,(H,24,29)(H,25,26)(H,27,28). The van der Waals surface area contributed by atoms with Crippen molar-refractivity contribution in [3.05, 3.63) is 94.9 Å². The Labute approximate surface area is 165 Å². The number of amides is 1. The molecular weight excluding hydrogens is 364 g/mol. The molecule has 0 aliphatic rings. The highest BCUT2D eigenvalue weighted by atomic mass is 16.2. The van der Waals surface area contributed by atoms with Gasteiger partial charge in [-0.05, 0) is 53.9 Å². The molecule has 0 radical (unpaired) electrons. The van der Waals surface area contributed by atoms with Crippen LogP contribution < -0.4 is 10.9 Å². The smallest absolute Gasteiger partial charge is 0.272 e. The zero-order valence-electron chi connectivity index (χ0n) is 15.3. The van der Waals surface area contributed by atoms with E-state index in [2.05, 4.69) is 20.3 Å². The van der Waals surface area contributed by atoms with Gasteiger partial charge in [-0.3, -0.25) is 9.59 Å². The average molecular weight is 380 g/mol. The third-order valence-corrected chi connectivity index (χ3v) is 4.80. The van der Waals surface area contributed by atoms with Crippen LogP contribution in [0.2, 0.25) is 0 Å². The number of pyridine rings is 1. The molecule has 1 amide bonds. The van der Waals surface area contributed by atoms with Gasteiger partial charge in [0.1, 0.15) is 11.5 Å². The van der Waals surface area contributed by atoms with Gasteiger partial charge < -0.3 is 15.3 Å². The van der Waals surface area contributed by atoms with Crippen molar-refractivity contribution in [3.63, 3.8) is 0 Å². The van der Waals surface area contributed by atoms with Gasteiger partial charge in [0.25, 0.3) is 11.5 Å². The molecule has 0 bridgehead atoms. The lowest BCUT2D eigenvalue weighted by molar-refractivity contribution is 0.102. The molecule has 0 unspecified atom stereocenters. The van der Waals surface area contributed by atoms with Crippen molar-refractivity contribution in [2.75, 3.05) is 5.32 Å². The van der Waals surface area contributed by atoms with Gasteiger partial charge in [-0.15, -0.1) is 0 Å². The molecule has 6 nitrogen and oxygen atoms in total. The predicted octanol–water partition coefficient (Wildman–Crippen LogP) is 4.32. The van der Waals surface area contributed by atoms with E-state index < -0.39 is 0 Å². The lowest BCUT2D eigenvalue weighted by atomic mass is 10.1. The van der Waals surface area contributed by atoms with E-state index in [1.807, 2.05) is 48.5 Å². The maximum absolute atomic E-state index is 12.6. The Balaban J connectivity index is 1.39. The van der Waals surface area contributed by atoms with E-state index in [9.17, 15) is 9.59 Å². The quantitative estimate of drug-likeness (QED) is 0.435. The molecule has 2 heterocycles. The first-order valence-corrected chi connectivity index (χ1v) is 9.16. The van der Waals surface area contributed by atoms with Gasteiger partial charge in [0.05, 0.1) is 11.0 Å². The van der Waals surface area contributed by atoms with Gasteiger partial charge in [-0.25, -0.2) is 4.98 Å². The fourth-order valence-electron chi connectivity index (χ4n) is 3.33. The summed E-state index contributed by atoms with van der Waals surface area (Å²) in [4.78, 5) is 35.3. The number of benzene rings is 3. The van der Waals surface area contributed by atoms with Crippen LogP contribution in [0.5, 0.6) is 0 Å². The fourth-order valence-corrected chi connectivity index (χ4v) is 3.33. The molecule has 0 aliphatic heterocycles. The summed E-state index contributed by atoms with van der Waals surface area (Å²) in [5, 5.41) is 4.09. The molecule has 5 aromatic rings. The second-order valence-corrected chi connectivity index (χ2v) is 6.73. The van der Waals surface area contributed by atoms with Gasteiger partial charge in [-0.1, -0.05) is 30.3 Å². The highest BCUT2D eigenvalue weighted by Gasteiger charge is 2.10. The second-order valence-electron chi connectivity index (χ2n) is 6.73.